The van der Waals surface area contributed by atoms with E-state index in [4.69, 9.17) is 0 Å². The molecule has 0 amide bonds. The molecule has 2 rings (SSSR count). The highest BCUT2D eigenvalue weighted by Crippen LogP contribution is 2.18. The maximum Gasteiger partial charge on any atom is 0.128 e. The first-order valence-electron chi connectivity index (χ1n) is 4.27. The molecule has 3 nitrogen and oxygen atoms in total. The van der Waals surface area contributed by atoms with E-state index in [0.717, 1.165) is 17.7 Å². The van der Waals surface area contributed by atoms with Gasteiger partial charge in [0.15, 0.2) is 0 Å². The lowest BCUT2D eigenvalue weighted by Crippen LogP contribution is -2.29. The largest absolute Gasteiger partial charge is 0.317 e. The molecule has 0 spiro atoms. The molecule has 1 N–H and O–H groups in total. The molecule has 0 bridgehead atoms. The summed E-state index contributed by atoms with van der Waals surface area (Å²) < 4.78 is 2.99. The van der Waals surface area contributed by atoms with Gasteiger partial charge in [-0.3, -0.25) is 4.68 Å². The van der Waals surface area contributed by atoms with Gasteiger partial charge in [-0.05, 0) is 47.9 Å². The molecular formula is C8H12BrN3. The smallest absolute Gasteiger partial charge is 0.128 e. The summed E-state index contributed by atoms with van der Waals surface area (Å²) >= 11 is 3.35. The molecule has 1 aromatic rings. The van der Waals surface area contributed by atoms with Crippen molar-refractivity contribution in [3.8, 4) is 0 Å². The van der Waals surface area contributed by atoms with Gasteiger partial charge in [0.2, 0.25) is 0 Å². The highest BCUT2D eigenvalue weighted by Gasteiger charge is 2.14. The van der Waals surface area contributed by atoms with Gasteiger partial charge in [-0.25, -0.2) is 0 Å². The molecule has 0 unspecified atom stereocenters. The van der Waals surface area contributed by atoms with Gasteiger partial charge in [0.25, 0.3) is 0 Å². The maximum atomic E-state index is 4.34. The number of nitrogens with one attached hydrogen (secondary N) is 1. The van der Waals surface area contributed by atoms with E-state index in [-0.39, 0.29) is 0 Å². The average Bonchev–Trinajstić information content (AvgIpc) is 2.54. The van der Waals surface area contributed by atoms with Crippen LogP contribution in [0.3, 0.4) is 0 Å². The standard InChI is InChI=1S/C8H12BrN3/c9-8-3-6-12(11-8)7-1-4-10-5-2-7/h3,6-7,10H,1-2,4-5H2. The number of hydrogen-bond donors (Lipinski definition) is 1. The third kappa shape index (κ3) is 1.69. The van der Waals surface area contributed by atoms with Gasteiger partial charge in [-0.1, -0.05) is 0 Å². The first-order chi connectivity index (χ1) is 5.86. The van der Waals surface area contributed by atoms with Crippen LogP contribution in [0.4, 0.5) is 0 Å². The summed E-state index contributed by atoms with van der Waals surface area (Å²) in [5.41, 5.74) is 0. The molecule has 1 fully saturated rings. The lowest BCUT2D eigenvalue weighted by Gasteiger charge is -2.22. The van der Waals surface area contributed by atoms with Gasteiger partial charge in [-0.15, -0.1) is 0 Å². The second-order valence-corrected chi connectivity index (χ2v) is 3.91. The highest BCUT2D eigenvalue weighted by molar-refractivity contribution is 9.10. The molecule has 0 saturated carbocycles. The topological polar surface area (TPSA) is 29.9 Å². The van der Waals surface area contributed by atoms with E-state index < -0.39 is 0 Å². The van der Waals surface area contributed by atoms with Crippen LogP contribution in [0.15, 0.2) is 16.9 Å². The summed E-state index contributed by atoms with van der Waals surface area (Å²) in [5.74, 6) is 0. The fraction of sp³-hybridized carbons (Fsp3) is 0.625. The van der Waals surface area contributed by atoms with Crippen LogP contribution in [0.5, 0.6) is 0 Å². The fourth-order valence-corrected chi connectivity index (χ4v) is 1.89. The Labute approximate surface area is 80.3 Å². The van der Waals surface area contributed by atoms with Crippen molar-refractivity contribution in [2.24, 2.45) is 0 Å². The van der Waals surface area contributed by atoms with E-state index in [9.17, 15) is 0 Å². The predicted octanol–water partition coefficient (Wildman–Crippen LogP) is 1.57. The van der Waals surface area contributed by atoms with Crippen molar-refractivity contribution in [2.75, 3.05) is 13.1 Å². The first-order valence-corrected chi connectivity index (χ1v) is 5.07. The zero-order valence-corrected chi connectivity index (χ0v) is 8.42. The minimum atomic E-state index is 0.595. The third-order valence-electron chi connectivity index (χ3n) is 2.26. The Kier molecular flexibility index (Phi) is 2.46. The van der Waals surface area contributed by atoms with E-state index in [1.54, 1.807) is 0 Å². The van der Waals surface area contributed by atoms with E-state index in [0.29, 0.717) is 6.04 Å². The van der Waals surface area contributed by atoms with Crippen molar-refractivity contribution in [2.45, 2.75) is 18.9 Å². The van der Waals surface area contributed by atoms with Crippen molar-refractivity contribution in [3.63, 3.8) is 0 Å². The molecule has 0 aliphatic carbocycles. The molecule has 0 radical (unpaired) electrons. The van der Waals surface area contributed by atoms with Crippen LogP contribution in [-0.2, 0) is 0 Å². The first kappa shape index (κ1) is 8.26. The van der Waals surface area contributed by atoms with Gasteiger partial charge in [0, 0.05) is 6.20 Å². The second-order valence-electron chi connectivity index (χ2n) is 3.10. The van der Waals surface area contributed by atoms with E-state index in [1.807, 2.05) is 12.3 Å². The van der Waals surface area contributed by atoms with Crippen molar-refractivity contribution in [3.05, 3.63) is 16.9 Å². The Balaban J connectivity index is 2.08. The number of rotatable bonds is 1. The zero-order chi connectivity index (χ0) is 8.39. The zero-order valence-electron chi connectivity index (χ0n) is 6.83. The van der Waals surface area contributed by atoms with Crippen LogP contribution in [0.2, 0.25) is 0 Å². The molecule has 0 aromatic carbocycles. The Hall–Kier alpha value is -0.350. The van der Waals surface area contributed by atoms with Gasteiger partial charge >= 0.3 is 0 Å². The summed E-state index contributed by atoms with van der Waals surface area (Å²) in [6, 6.07) is 2.58. The molecular weight excluding hydrogens is 218 g/mol. The van der Waals surface area contributed by atoms with Crippen molar-refractivity contribution >= 4 is 15.9 Å². The van der Waals surface area contributed by atoms with Crippen LogP contribution < -0.4 is 5.32 Å². The van der Waals surface area contributed by atoms with Crippen LogP contribution in [0.1, 0.15) is 18.9 Å². The predicted molar refractivity (Wildman–Crippen MR) is 51.1 cm³/mol. The van der Waals surface area contributed by atoms with Crippen LogP contribution in [-0.4, -0.2) is 22.9 Å². The molecule has 66 valence electrons. The number of aromatic nitrogens is 2. The highest BCUT2D eigenvalue weighted by atomic mass is 79.9. The van der Waals surface area contributed by atoms with Gasteiger partial charge in [0.1, 0.15) is 4.60 Å². The second kappa shape index (κ2) is 3.58. The monoisotopic (exact) mass is 229 g/mol. The van der Waals surface area contributed by atoms with Crippen LogP contribution >= 0.6 is 15.9 Å². The summed E-state index contributed by atoms with van der Waals surface area (Å²) in [6.45, 7) is 2.23. The maximum absolute atomic E-state index is 4.34. The Bertz CT molecular complexity index is 253. The number of piperidine rings is 1. The average molecular weight is 230 g/mol. The van der Waals surface area contributed by atoms with Crippen molar-refractivity contribution in [1.29, 1.82) is 0 Å². The fourth-order valence-electron chi connectivity index (χ4n) is 1.59. The summed E-state index contributed by atoms with van der Waals surface area (Å²) in [4.78, 5) is 0. The molecule has 0 atom stereocenters. The van der Waals surface area contributed by atoms with Gasteiger partial charge < -0.3 is 5.32 Å². The Morgan fingerprint density at radius 3 is 2.83 bits per heavy atom. The van der Waals surface area contributed by atoms with Crippen LogP contribution in [0.25, 0.3) is 0 Å². The minimum absolute atomic E-state index is 0.595. The molecule has 1 aliphatic rings. The van der Waals surface area contributed by atoms with E-state index >= 15 is 0 Å². The normalized spacial score (nSPS) is 19.8. The third-order valence-corrected chi connectivity index (χ3v) is 2.68. The van der Waals surface area contributed by atoms with Gasteiger partial charge in [0.05, 0.1) is 6.04 Å². The Morgan fingerprint density at radius 1 is 1.50 bits per heavy atom. The summed E-state index contributed by atoms with van der Waals surface area (Å²) in [5, 5.41) is 7.68. The van der Waals surface area contributed by atoms with E-state index in [1.165, 1.54) is 12.8 Å². The van der Waals surface area contributed by atoms with E-state index in [2.05, 4.69) is 31.0 Å². The molecule has 12 heavy (non-hydrogen) atoms. The van der Waals surface area contributed by atoms with Crippen LogP contribution in [0, 0.1) is 0 Å². The minimum Gasteiger partial charge on any atom is -0.317 e. The quantitative estimate of drug-likeness (QED) is 0.793. The number of halogens is 1. The molecule has 1 aromatic heterocycles. The summed E-state index contributed by atoms with van der Waals surface area (Å²) in [6.07, 6.45) is 4.42. The van der Waals surface area contributed by atoms with Crippen molar-refractivity contribution < 1.29 is 0 Å². The SMILES string of the molecule is Brc1ccn(C2CCNCC2)n1. The molecule has 1 saturated heterocycles. The summed E-state index contributed by atoms with van der Waals surface area (Å²) in [7, 11) is 0. The lowest BCUT2D eigenvalue weighted by atomic mass is 10.1. The molecule has 4 heteroatoms. The Morgan fingerprint density at radius 2 is 2.25 bits per heavy atom. The number of hydrogen-bond acceptors (Lipinski definition) is 2. The molecule has 2 heterocycles. The van der Waals surface area contributed by atoms with Gasteiger partial charge in [-0.2, -0.15) is 5.10 Å². The number of nitrogens with zero attached hydrogens (tertiary/aromatic N) is 2. The van der Waals surface area contributed by atoms with Crippen molar-refractivity contribution in [1.82, 2.24) is 15.1 Å². The molecule has 1 aliphatic heterocycles. The lowest BCUT2D eigenvalue weighted by molar-refractivity contribution is 0.342.